The van der Waals surface area contributed by atoms with Crippen molar-refractivity contribution >= 4 is 28.7 Å². The Morgan fingerprint density at radius 3 is 2.22 bits per heavy atom. The van der Waals surface area contributed by atoms with Crippen molar-refractivity contribution in [3.05, 3.63) is 47.7 Å². The number of amides is 2. The summed E-state index contributed by atoms with van der Waals surface area (Å²) in [5.74, 6) is -1.73. The fourth-order valence-electron chi connectivity index (χ4n) is 4.78. The molecular formula is C28H42N4O4. The van der Waals surface area contributed by atoms with E-state index < -0.39 is 29.5 Å². The molecule has 0 saturated heterocycles. The van der Waals surface area contributed by atoms with Crippen LogP contribution in [-0.2, 0) is 19.8 Å². The van der Waals surface area contributed by atoms with Crippen LogP contribution in [0, 0.1) is 11.8 Å². The molecule has 198 valence electrons. The van der Waals surface area contributed by atoms with Crippen molar-refractivity contribution in [1.29, 1.82) is 0 Å². The fourth-order valence-corrected chi connectivity index (χ4v) is 4.78. The highest BCUT2D eigenvalue weighted by molar-refractivity contribution is 5.92. The number of aromatic nitrogens is 1. The minimum atomic E-state index is -1.02. The van der Waals surface area contributed by atoms with Crippen LogP contribution in [0.3, 0.4) is 0 Å². The van der Waals surface area contributed by atoms with Gasteiger partial charge in [0.2, 0.25) is 11.8 Å². The highest BCUT2D eigenvalue weighted by Crippen LogP contribution is 2.33. The number of carbonyl (C=O) groups excluding carboxylic acids is 2. The zero-order valence-electron chi connectivity index (χ0n) is 23.0. The van der Waals surface area contributed by atoms with E-state index in [1.54, 1.807) is 25.1 Å². The number of hydrogen-bond donors (Lipinski definition) is 4. The van der Waals surface area contributed by atoms with Crippen molar-refractivity contribution in [1.82, 2.24) is 20.5 Å². The number of carbonyl (C=O) groups is 3. The van der Waals surface area contributed by atoms with Crippen LogP contribution in [-0.4, -0.2) is 65.0 Å². The number of para-hydroxylation sites is 1. The van der Waals surface area contributed by atoms with E-state index in [0.717, 1.165) is 16.5 Å². The van der Waals surface area contributed by atoms with Gasteiger partial charge in [-0.3, -0.25) is 9.59 Å². The van der Waals surface area contributed by atoms with E-state index in [0.29, 0.717) is 0 Å². The van der Waals surface area contributed by atoms with Gasteiger partial charge in [0, 0.05) is 35.1 Å². The third kappa shape index (κ3) is 6.16. The maximum Gasteiger partial charge on any atom is 0.331 e. The molecule has 0 aliphatic rings. The van der Waals surface area contributed by atoms with Crippen LogP contribution in [0.25, 0.3) is 10.9 Å². The van der Waals surface area contributed by atoms with Crippen molar-refractivity contribution in [2.75, 3.05) is 14.1 Å². The van der Waals surface area contributed by atoms with Crippen molar-refractivity contribution in [3.63, 3.8) is 0 Å². The van der Waals surface area contributed by atoms with Crippen molar-refractivity contribution in [2.45, 2.75) is 72.0 Å². The number of nitrogens with zero attached hydrogens (tertiary/aromatic N) is 1. The second kappa shape index (κ2) is 11.7. The summed E-state index contributed by atoms with van der Waals surface area (Å²) in [6.07, 6.45) is 3.53. The van der Waals surface area contributed by atoms with E-state index in [4.69, 9.17) is 0 Å². The lowest BCUT2D eigenvalue weighted by atomic mass is 9.77. The van der Waals surface area contributed by atoms with Gasteiger partial charge in [0.05, 0.1) is 12.1 Å². The topological polar surface area (TPSA) is 115 Å². The number of carboxylic acid groups (broad SMARTS) is 1. The van der Waals surface area contributed by atoms with Gasteiger partial charge in [-0.15, -0.1) is 0 Å². The number of nitrogens with one attached hydrogen (secondary N) is 3. The summed E-state index contributed by atoms with van der Waals surface area (Å²) in [5.41, 5.74) is 1.59. The zero-order valence-corrected chi connectivity index (χ0v) is 23.0. The quantitative estimate of drug-likeness (QED) is 0.353. The summed E-state index contributed by atoms with van der Waals surface area (Å²) in [7, 11) is 3.40. The molecule has 0 fully saturated rings. The average Bonchev–Trinajstić information content (AvgIpc) is 3.24. The minimum absolute atomic E-state index is 0.0115. The van der Waals surface area contributed by atoms with Gasteiger partial charge in [-0.1, -0.05) is 65.8 Å². The number of likely N-dealkylation sites (N-methyl/N-ethyl adjacent to an activating group) is 2. The summed E-state index contributed by atoms with van der Waals surface area (Å²) in [4.78, 5) is 43.4. The molecule has 0 aliphatic heterocycles. The van der Waals surface area contributed by atoms with Gasteiger partial charge in [0.1, 0.15) is 6.04 Å². The Morgan fingerprint density at radius 2 is 1.69 bits per heavy atom. The van der Waals surface area contributed by atoms with Gasteiger partial charge in [-0.25, -0.2) is 4.79 Å². The molecule has 3 atom stereocenters. The minimum Gasteiger partial charge on any atom is -0.478 e. The Bertz CT molecular complexity index is 1120. The smallest absolute Gasteiger partial charge is 0.331 e. The number of benzene rings is 1. The predicted octanol–water partition coefficient (Wildman–Crippen LogP) is 3.69. The summed E-state index contributed by atoms with van der Waals surface area (Å²) in [5, 5.41) is 16.5. The molecule has 0 bridgehead atoms. The largest absolute Gasteiger partial charge is 0.478 e. The number of aromatic amines is 1. The molecule has 0 aliphatic carbocycles. The number of rotatable bonds is 11. The van der Waals surface area contributed by atoms with Gasteiger partial charge in [0.15, 0.2) is 0 Å². The first-order valence-corrected chi connectivity index (χ1v) is 12.5. The van der Waals surface area contributed by atoms with Crippen LogP contribution in [0.2, 0.25) is 0 Å². The van der Waals surface area contributed by atoms with E-state index in [1.807, 2.05) is 72.0 Å². The predicted molar refractivity (Wildman–Crippen MR) is 144 cm³/mol. The molecular weight excluding hydrogens is 456 g/mol. The lowest BCUT2D eigenvalue weighted by Gasteiger charge is -2.37. The average molecular weight is 499 g/mol. The molecule has 4 N–H and O–H groups in total. The Kier molecular flexibility index (Phi) is 9.49. The van der Waals surface area contributed by atoms with Crippen LogP contribution >= 0.6 is 0 Å². The maximum atomic E-state index is 13.6. The van der Waals surface area contributed by atoms with Crippen LogP contribution in [0.1, 0.15) is 54.0 Å². The van der Waals surface area contributed by atoms with E-state index >= 15 is 0 Å². The molecule has 0 radical (unpaired) electrons. The molecule has 0 spiro atoms. The summed E-state index contributed by atoms with van der Waals surface area (Å²) < 4.78 is 0. The maximum absolute atomic E-state index is 13.6. The number of aliphatic carboxylic acids is 1. The second-order valence-electron chi connectivity index (χ2n) is 10.8. The Hall–Kier alpha value is -3.13. The third-order valence-corrected chi connectivity index (χ3v) is 7.02. The summed E-state index contributed by atoms with van der Waals surface area (Å²) in [6, 6.07) is 6.17. The molecule has 2 aromatic rings. The number of fused-ring (bicyclic) bond motifs is 1. The Balaban J connectivity index is 2.34. The molecule has 8 heteroatoms. The van der Waals surface area contributed by atoms with Gasteiger partial charge >= 0.3 is 5.97 Å². The van der Waals surface area contributed by atoms with E-state index in [-0.39, 0.29) is 29.2 Å². The number of hydrogen-bond acceptors (Lipinski definition) is 4. The molecule has 1 aromatic heterocycles. The highest BCUT2D eigenvalue weighted by atomic mass is 16.4. The summed E-state index contributed by atoms with van der Waals surface area (Å²) in [6.45, 7) is 13.2. The van der Waals surface area contributed by atoms with E-state index in [9.17, 15) is 19.5 Å². The number of carboxylic acids is 1. The molecule has 2 rings (SSSR count). The molecule has 1 aromatic carbocycles. The first-order chi connectivity index (χ1) is 16.7. The molecule has 1 heterocycles. The normalized spacial score (nSPS) is 15.1. The van der Waals surface area contributed by atoms with Crippen LogP contribution in [0.5, 0.6) is 0 Å². The number of H-pyrrole nitrogens is 1. The van der Waals surface area contributed by atoms with Crippen molar-refractivity contribution in [3.8, 4) is 0 Å². The lowest BCUT2D eigenvalue weighted by Crippen LogP contribution is -2.59. The van der Waals surface area contributed by atoms with E-state index in [1.165, 1.54) is 6.92 Å². The van der Waals surface area contributed by atoms with Crippen LogP contribution in [0.15, 0.2) is 42.1 Å². The Morgan fingerprint density at radius 1 is 1.08 bits per heavy atom. The van der Waals surface area contributed by atoms with Gasteiger partial charge in [-0.05, 0) is 37.4 Å². The van der Waals surface area contributed by atoms with Gasteiger partial charge in [-0.2, -0.15) is 0 Å². The first kappa shape index (κ1) is 29.1. The first-order valence-electron chi connectivity index (χ1n) is 12.5. The van der Waals surface area contributed by atoms with E-state index in [2.05, 4.69) is 15.6 Å². The SMILES string of the molecule is CN[C@H](C(=O)N[C@H](C(=O)N(C)[C@H](/C=C(\C)C(=O)O)C(C)C)C(C)C)C(C)(C)c1c[nH]c2ccccc12. The molecule has 8 nitrogen and oxygen atoms in total. The van der Waals surface area contributed by atoms with Gasteiger partial charge in [0.25, 0.3) is 0 Å². The molecule has 2 amide bonds. The van der Waals surface area contributed by atoms with Crippen LogP contribution < -0.4 is 10.6 Å². The zero-order chi connectivity index (χ0) is 27.4. The van der Waals surface area contributed by atoms with Crippen molar-refractivity contribution < 1.29 is 19.5 Å². The van der Waals surface area contributed by atoms with Gasteiger partial charge < -0.3 is 25.6 Å². The molecule has 0 unspecified atom stereocenters. The van der Waals surface area contributed by atoms with Crippen molar-refractivity contribution in [2.24, 2.45) is 11.8 Å². The monoisotopic (exact) mass is 498 g/mol. The summed E-state index contributed by atoms with van der Waals surface area (Å²) >= 11 is 0. The lowest BCUT2D eigenvalue weighted by molar-refractivity contribution is -0.139. The highest BCUT2D eigenvalue weighted by Gasteiger charge is 2.40. The fraction of sp³-hybridized carbons (Fsp3) is 0.536. The Labute approximate surface area is 214 Å². The molecule has 36 heavy (non-hydrogen) atoms. The van der Waals surface area contributed by atoms with Crippen LogP contribution in [0.4, 0.5) is 0 Å². The molecule has 0 saturated carbocycles. The standard InChI is InChI=1S/C28H42N4O4/c1-16(2)22(14-18(5)27(35)36)32(9)26(34)23(17(3)4)31-25(33)24(29-8)28(6,7)20-15-30-21-13-11-10-12-19(20)21/h10-17,22-24,29-30H,1-9H3,(H,31,33)(H,35,36)/b18-14+/t22-,23+,24-/m1/s1. The second-order valence-corrected chi connectivity index (χ2v) is 10.8. The third-order valence-electron chi connectivity index (χ3n) is 7.02.